The Hall–Kier alpha value is 0. The molecule has 0 atom stereocenters. The lowest BCUT2D eigenvalue weighted by molar-refractivity contribution is 0.277. The zero-order chi connectivity index (χ0) is 14.1. The van der Waals surface area contributed by atoms with Crippen molar-refractivity contribution in [3.8, 4) is 0 Å². The molecule has 0 radical (unpaired) electrons. The first-order valence-electron chi connectivity index (χ1n) is 8.33. The second-order valence-electron chi connectivity index (χ2n) is 7.74. The predicted molar refractivity (Wildman–Crippen MR) is 85.1 cm³/mol. The minimum atomic E-state index is 0.580. The first-order chi connectivity index (χ1) is 8.33. The van der Waals surface area contributed by atoms with Gasteiger partial charge < -0.3 is 0 Å². The third kappa shape index (κ3) is 9.97. The second kappa shape index (κ2) is 8.99. The molecule has 0 nitrogen and oxygen atoms in total. The van der Waals surface area contributed by atoms with Gasteiger partial charge in [0, 0.05) is 0 Å². The van der Waals surface area contributed by atoms with E-state index >= 15 is 0 Å². The monoisotopic (exact) mass is 254 g/mol. The van der Waals surface area contributed by atoms with E-state index in [1.165, 1.54) is 64.2 Å². The van der Waals surface area contributed by atoms with Gasteiger partial charge in [0.15, 0.2) is 0 Å². The van der Waals surface area contributed by atoms with Crippen LogP contribution in [0.4, 0.5) is 0 Å². The van der Waals surface area contributed by atoms with Crippen molar-refractivity contribution in [2.75, 3.05) is 0 Å². The van der Waals surface area contributed by atoms with Crippen LogP contribution in [0.3, 0.4) is 0 Å². The fourth-order valence-corrected chi connectivity index (χ4v) is 3.16. The smallest absolute Gasteiger partial charge is 0.0354 e. The number of hydrogen-bond acceptors (Lipinski definition) is 0. The molecule has 0 saturated heterocycles. The van der Waals surface area contributed by atoms with E-state index in [0.29, 0.717) is 10.8 Å². The third-order valence-electron chi connectivity index (χ3n) is 4.31. The van der Waals surface area contributed by atoms with Crippen molar-refractivity contribution in [1.29, 1.82) is 0 Å². The van der Waals surface area contributed by atoms with Crippen LogP contribution in [0.15, 0.2) is 0 Å². The Morgan fingerprint density at radius 1 is 0.500 bits per heavy atom. The van der Waals surface area contributed by atoms with E-state index < -0.39 is 0 Å². The van der Waals surface area contributed by atoms with E-state index in [9.17, 15) is 0 Å². The lowest BCUT2D eigenvalue weighted by atomic mass is 9.81. The molecular weight excluding hydrogens is 216 g/mol. The molecular formula is C18H38. The first kappa shape index (κ1) is 18.0. The largest absolute Gasteiger partial charge is 0.0654 e. The van der Waals surface area contributed by atoms with Gasteiger partial charge in [0.25, 0.3) is 0 Å². The van der Waals surface area contributed by atoms with Crippen molar-refractivity contribution in [2.45, 2.75) is 106 Å². The maximum atomic E-state index is 2.43. The van der Waals surface area contributed by atoms with Gasteiger partial charge in [-0.25, -0.2) is 0 Å². The van der Waals surface area contributed by atoms with E-state index in [2.05, 4.69) is 41.5 Å². The van der Waals surface area contributed by atoms with Crippen molar-refractivity contribution in [1.82, 2.24) is 0 Å². The fourth-order valence-electron chi connectivity index (χ4n) is 3.16. The summed E-state index contributed by atoms with van der Waals surface area (Å²) in [5.74, 6) is 0. The molecule has 0 aliphatic rings. The number of hydrogen-bond donors (Lipinski definition) is 0. The van der Waals surface area contributed by atoms with E-state index in [-0.39, 0.29) is 0 Å². The van der Waals surface area contributed by atoms with E-state index in [4.69, 9.17) is 0 Å². The lowest BCUT2D eigenvalue weighted by Gasteiger charge is -2.25. The fraction of sp³-hybridized carbons (Fsp3) is 1.00. The van der Waals surface area contributed by atoms with Crippen LogP contribution in [-0.2, 0) is 0 Å². The Morgan fingerprint density at radius 2 is 0.833 bits per heavy atom. The molecule has 0 fully saturated rings. The molecule has 0 aliphatic heterocycles. The molecule has 110 valence electrons. The highest BCUT2D eigenvalue weighted by Gasteiger charge is 2.17. The highest BCUT2D eigenvalue weighted by atomic mass is 14.2. The van der Waals surface area contributed by atoms with Crippen LogP contribution >= 0.6 is 0 Å². The van der Waals surface area contributed by atoms with Gasteiger partial charge in [-0.1, -0.05) is 80.1 Å². The van der Waals surface area contributed by atoms with Gasteiger partial charge in [-0.15, -0.1) is 0 Å². The normalized spacial score (nSPS) is 13.0. The summed E-state index contributed by atoms with van der Waals surface area (Å²) in [4.78, 5) is 0. The zero-order valence-electron chi connectivity index (χ0n) is 14.1. The van der Waals surface area contributed by atoms with Crippen LogP contribution in [0.5, 0.6) is 0 Å². The molecule has 0 aromatic carbocycles. The third-order valence-corrected chi connectivity index (χ3v) is 4.31. The summed E-state index contributed by atoms with van der Waals surface area (Å²) in [7, 11) is 0. The Labute approximate surface area is 117 Å². The van der Waals surface area contributed by atoms with Gasteiger partial charge in [0.05, 0.1) is 0 Å². The molecule has 0 unspecified atom stereocenters. The summed E-state index contributed by atoms with van der Waals surface area (Å²) in [5, 5.41) is 0. The van der Waals surface area contributed by atoms with Crippen LogP contribution in [0.25, 0.3) is 0 Å². The van der Waals surface area contributed by atoms with Gasteiger partial charge in [0.2, 0.25) is 0 Å². The van der Waals surface area contributed by atoms with Crippen molar-refractivity contribution in [3.05, 3.63) is 0 Å². The molecule has 0 amide bonds. The summed E-state index contributed by atoms with van der Waals surface area (Å²) < 4.78 is 0. The minimum Gasteiger partial charge on any atom is -0.0654 e. The molecule has 0 spiro atoms. The highest BCUT2D eigenvalue weighted by Crippen LogP contribution is 2.31. The molecule has 0 saturated carbocycles. The van der Waals surface area contributed by atoms with Crippen LogP contribution in [-0.4, -0.2) is 0 Å². The van der Waals surface area contributed by atoms with Gasteiger partial charge in [-0.05, 0) is 36.5 Å². The summed E-state index contributed by atoms with van der Waals surface area (Å²) in [6, 6.07) is 0. The summed E-state index contributed by atoms with van der Waals surface area (Å²) in [6.45, 7) is 14.3. The molecule has 0 N–H and O–H groups in total. The van der Waals surface area contributed by atoms with Crippen molar-refractivity contribution < 1.29 is 0 Å². The van der Waals surface area contributed by atoms with Crippen LogP contribution in [0.1, 0.15) is 106 Å². The Balaban J connectivity index is 3.52. The molecule has 0 aromatic heterocycles. The van der Waals surface area contributed by atoms with Gasteiger partial charge in [-0.2, -0.15) is 0 Å². The summed E-state index contributed by atoms with van der Waals surface area (Å²) in [5.41, 5.74) is 1.16. The van der Waals surface area contributed by atoms with Crippen molar-refractivity contribution >= 4 is 0 Å². The summed E-state index contributed by atoms with van der Waals surface area (Å²) in [6.07, 6.45) is 14.0. The van der Waals surface area contributed by atoms with Crippen molar-refractivity contribution in [2.24, 2.45) is 10.8 Å². The average molecular weight is 255 g/mol. The molecule has 0 aliphatic carbocycles. The zero-order valence-corrected chi connectivity index (χ0v) is 14.1. The van der Waals surface area contributed by atoms with Gasteiger partial charge >= 0.3 is 0 Å². The average Bonchev–Trinajstić information content (AvgIpc) is 2.22. The molecule has 0 bridgehead atoms. The van der Waals surface area contributed by atoms with E-state index in [0.717, 1.165) is 0 Å². The standard InChI is InChI=1S/C18H38/c1-7-13-17(3,4)15-11-9-10-12-16-18(5,6)14-8-2/h7-16H2,1-6H3. The quantitative estimate of drug-likeness (QED) is 0.349. The Morgan fingerprint density at radius 3 is 1.11 bits per heavy atom. The number of unbranched alkanes of at least 4 members (excludes halogenated alkanes) is 3. The topological polar surface area (TPSA) is 0 Å². The summed E-state index contributed by atoms with van der Waals surface area (Å²) >= 11 is 0. The highest BCUT2D eigenvalue weighted by molar-refractivity contribution is 4.69. The van der Waals surface area contributed by atoms with E-state index in [1.807, 2.05) is 0 Å². The van der Waals surface area contributed by atoms with Gasteiger partial charge in [0.1, 0.15) is 0 Å². The molecule has 18 heavy (non-hydrogen) atoms. The number of rotatable bonds is 11. The lowest BCUT2D eigenvalue weighted by Crippen LogP contribution is -2.11. The van der Waals surface area contributed by atoms with Gasteiger partial charge in [-0.3, -0.25) is 0 Å². The predicted octanol–water partition coefficient (Wildman–Crippen LogP) is 6.98. The minimum absolute atomic E-state index is 0.580. The maximum absolute atomic E-state index is 2.43. The van der Waals surface area contributed by atoms with Crippen molar-refractivity contribution in [3.63, 3.8) is 0 Å². The maximum Gasteiger partial charge on any atom is -0.0354 e. The Kier molecular flexibility index (Phi) is 8.99. The molecule has 0 rings (SSSR count). The molecule has 0 aromatic rings. The second-order valence-corrected chi connectivity index (χ2v) is 7.74. The molecule has 0 heterocycles. The van der Waals surface area contributed by atoms with Crippen LogP contribution in [0, 0.1) is 10.8 Å². The van der Waals surface area contributed by atoms with Crippen LogP contribution in [0.2, 0.25) is 0 Å². The SMILES string of the molecule is CCCC(C)(C)CCCCCCC(C)(C)CCC. The first-order valence-corrected chi connectivity index (χ1v) is 8.33. The Bertz CT molecular complexity index is 166. The van der Waals surface area contributed by atoms with Crippen LogP contribution < -0.4 is 0 Å². The molecule has 0 heteroatoms. The van der Waals surface area contributed by atoms with E-state index in [1.54, 1.807) is 0 Å².